The molecule has 104 valence electrons. The average Bonchev–Trinajstić information content (AvgIpc) is 2.81. The quantitative estimate of drug-likeness (QED) is 0.746. The van der Waals surface area contributed by atoms with Crippen LogP contribution in [0.4, 0.5) is 0 Å². The van der Waals surface area contributed by atoms with Crippen molar-refractivity contribution in [3.63, 3.8) is 0 Å². The summed E-state index contributed by atoms with van der Waals surface area (Å²) in [5, 5.41) is 12.3. The van der Waals surface area contributed by atoms with Crippen molar-refractivity contribution in [1.29, 1.82) is 0 Å². The average molecular weight is 262 g/mol. The molecule has 1 aromatic rings. The topological polar surface area (TPSA) is 52.6 Å². The van der Waals surface area contributed by atoms with E-state index >= 15 is 0 Å². The molecule has 0 bridgehead atoms. The molecule has 1 unspecified atom stereocenters. The van der Waals surface area contributed by atoms with Gasteiger partial charge in [0.1, 0.15) is 0 Å². The summed E-state index contributed by atoms with van der Waals surface area (Å²) >= 11 is 0. The van der Waals surface area contributed by atoms with Crippen LogP contribution in [0, 0.1) is 0 Å². The predicted molar refractivity (Wildman–Crippen MR) is 74.8 cm³/mol. The Kier molecular flexibility index (Phi) is 5.36. The Balaban J connectivity index is 1.57. The van der Waals surface area contributed by atoms with Crippen LogP contribution in [-0.2, 0) is 11.2 Å². The minimum Gasteiger partial charge on any atom is -0.392 e. The van der Waals surface area contributed by atoms with E-state index < -0.39 is 0 Å². The fourth-order valence-corrected chi connectivity index (χ4v) is 2.38. The summed E-state index contributed by atoms with van der Waals surface area (Å²) in [4.78, 5) is 13.7. The third-order valence-electron chi connectivity index (χ3n) is 3.42. The van der Waals surface area contributed by atoms with Crippen molar-refractivity contribution in [2.75, 3.05) is 26.2 Å². The summed E-state index contributed by atoms with van der Waals surface area (Å²) in [6, 6.07) is 10.3. The lowest BCUT2D eigenvalue weighted by Gasteiger charge is -2.14. The summed E-state index contributed by atoms with van der Waals surface area (Å²) in [6.45, 7) is 2.56. The van der Waals surface area contributed by atoms with Crippen molar-refractivity contribution in [2.45, 2.75) is 25.4 Å². The molecule has 0 radical (unpaired) electrons. The molecule has 0 aliphatic carbocycles. The van der Waals surface area contributed by atoms with Crippen LogP contribution in [0.3, 0.4) is 0 Å². The lowest BCUT2D eigenvalue weighted by Crippen LogP contribution is -2.36. The van der Waals surface area contributed by atoms with Gasteiger partial charge in [0.2, 0.25) is 5.91 Å². The molecule has 1 aliphatic rings. The molecule has 2 N–H and O–H groups in total. The van der Waals surface area contributed by atoms with Crippen molar-refractivity contribution < 1.29 is 9.90 Å². The lowest BCUT2D eigenvalue weighted by molar-refractivity contribution is -0.122. The first-order chi connectivity index (χ1) is 9.24. The molecule has 4 heteroatoms. The normalized spacial score (nSPS) is 19.5. The highest BCUT2D eigenvalue weighted by Crippen LogP contribution is 2.07. The number of aliphatic hydroxyl groups excluding tert-OH is 1. The van der Waals surface area contributed by atoms with Gasteiger partial charge in [-0.05, 0) is 24.8 Å². The van der Waals surface area contributed by atoms with E-state index in [-0.39, 0.29) is 12.0 Å². The minimum absolute atomic E-state index is 0.0576. The van der Waals surface area contributed by atoms with E-state index in [1.165, 1.54) is 5.56 Å². The zero-order chi connectivity index (χ0) is 13.5. The second-order valence-electron chi connectivity index (χ2n) is 5.12. The van der Waals surface area contributed by atoms with Gasteiger partial charge < -0.3 is 10.4 Å². The SMILES string of the molecule is O=C(CN1CCC(O)C1)NCCCc1ccccc1. The van der Waals surface area contributed by atoms with Crippen LogP contribution < -0.4 is 5.32 Å². The largest absolute Gasteiger partial charge is 0.392 e. The summed E-state index contributed by atoms with van der Waals surface area (Å²) in [6.07, 6.45) is 2.47. The third kappa shape index (κ3) is 5.01. The van der Waals surface area contributed by atoms with Crippen molar-refractivity contribution in [3.8, 4) is 0 Å². The maximum Gasteiger partial charge on any atom is 0.234 e. The fraction of sp³-hybridized carbons (Fsp3) is 0.533. The number of likely N-dealkylation sites (tertiary alicyclic amines) is 1. The first-order valence-electron chi connectivity index (χ1n) is 6.95. The van der Waals surface area contributed by atoms with E-state index in [0.717, 1.165) is 25.8 Å². The van der Waals surface area contributed by atoms with E-state index in [4.69, 9.17) is 0 Å². The zero-order valence-electron chi connectivity index (χ0n) is 11.2. The molecule has 2 rings (SSSR count). The number of aliphatic hydroxyl groups is 1. The summed E-state index contributed by atoms with van der Waals surface area (Å²) in [5.41, 5.74) is 1.31. The number of benzene rings is 1. The van der Waals surface area contributed by atoms with Crippen LogP contribution >= 0.6 is 0 Å². The second-order valence-corrected chi connectivity index (χ2v) is 5.12. The number of carbonyl (C=O) groups excluding carboxylic acids is 1. The number of nitrogens with one attached hydrogen (secondary N) is 1. The van der Waals surface area contributed by atoms with Crippen molar-refractivity contribution in [1.82, 2.24) is 10.2 Å². The first kappa shape index (κ1) is 14.0. The van der Waals surface area contributed by atoms with Crippen molar-refractivity contribution in [3.05, 3.63) is 35.9 Å². The smallest absolute Gasteiger partial charge is 0.234 e. The van der Waals surface area contributed by atoms with Crippen molar-refractivity contribution >= 4 is 5.91 Å². The Morgan fingerprint density at radius 2 is 2.16 bits per heavy atom. The standard InChI is InChI=1S/C15H22N2O2/c18-14-8-10-17(11-14)12-15(19)16-9-4-7-13-5-2-1-3-6-13/h1-3,5-6,14,18H,4,7-12H2,(H,16,19). The highest BCUT2D eigenvalue weighted by atomic mass is 16.3. The van der Waals surface area contributed by atoms with Gasteiger partial charge in [0.15, 0.2) is 0 Å². The van der Waals surface area contributed by atoms with Gasteiger partial charge in [-0.3, -0.25) is 9.69 Å². The summed E-state index contributed by atoms with van der Waals surface area (Å²) in [5.74, 6) is 0.0576. The van der Waals surface area contributed by atoms with E-state index in [1.807, 2.05) is 23.1 Å². The number of rotatable bonds is 6. The third-order valence-corrected chi connectivity index (χ3v) is 3.42. The van der Waals surface area contributed by atoms with Gasteiger partial charge in [-0.15, -0.1) is 0 Å². The van der Waals surface area contributed by atoms with Crippen LogP contribution in [0.5, 0.6) is 0 Å². The van der Waals surface area contributed by atoms with E-state index in [1.54, 1.807) is 0 Å². The number of nitrogens with zero attached hydrogens (tertiary/aromatic N) is 1. The molecule has 1 aromatic carbocycles. The zero-order valence-corrected chi connectivity index (χ0v) is 11.2. The van der Waals surface area contributed by atoms with Crippen LogP contribution in [0.2, 0.25) is 0 Å². The number of hydrogen-bond donors (Lipinski definition) is 2. The Bertz CT molecular complexity index is 394. The molecule has 1 aliphatic heterocycles. The monoisotopic (exact) mass is 262 g/mol. The number of carbonyl (C=O) groups is 1. The molecule has 0 saturated carbocycles. The maximum absolute atomic E-state index is 11.7. The van der Waals surface area contributed by atoms with E-state index in [0.29, 0.717) is 19.6 Å². The van der Waals surface area contributed by atoms with Gasteiger partial charge in [-0.25, -0.2) is 0 Å². The van der Waals surface area contributed by atoms with Gasteiger partial charge in [-0.1, -0.05) is 30.3 Å². The highest BCUT2D eigenvalue weighted by molar-refractivity contribution is 5.78. The predicted octanol–water partition coefficient (Wildman–Crippen LogP) is 0.802. The number of amides is 1. The molecule has 1 heterocycles. The maximum atomic E-state index is 11.7. The summed E-state index contributed by atoms with van der Waals surface area (Å²) < 4.78 is 0. The molecule has 19 heavy (non-hydrogen) atoms. The van der Waals surface area contributed by atoms with E-state index in [2.05, 4.69) is 17.4 Å². The van der Waals surface area contributed by atoms with E-state index in [9.17, 15) is 9.90 Å². The second kappa shape index (κ2) is 7.26. The van der Waals surface area contributed by atoms with Crippen LogP contribution in [-0.4, -0.2) is 48.2 Å². The number of β-amino-alcohol motifs (C(OH)–C–C–N with tert-alkyl or cyclic N) is 1. The molecule has 1 saturated heterocycles. The molecule has 4 nitrogen and oxygen atoms in total. The van der Waals surface area contributed by atoms with Gasteiger partial charge in [0.25, 0.3) is 0 Å². The molecule has 0 aromatic heterocycles. The van der Waals surface area contributed by atoms with Gasteiger partial charge in [0.05, 0.1) is 12.6 Å². The molecule has 1 atom stereocenters. The molecule has 1 amide bonds. The lowest BCUT2D eigenvalue weighted by atomic mass is 10.1. The highest BCUT2D eigenvalue weighted by Gasteiger charge is 2.21. The van der Waals surface area contributed by atoms with Gasteiger partial charge >= 0.3 is 0 Å². The Morgan fingerprint density at radius 3 is 2.84 bits per heavy atom. The molecular formula is C15H22N2O2. The number of aryl methyl sites for hydroxylation is 1. The number of hydrogen-bond acceptors (Lipinski definition) is 3. The molecular weight excluding hydrogens is 240 g/mol. The van der Waals surface area contributed by atoms with Crippen LogP contribution in [0.25, 0.3) is 0 Å². The summed E-state index contributed by atoms with van der Waals surface area (Å²) in [7, 11) is 0. The van der Waals surface area contributed by atoms with Gasteiger partial charge in [-0.2, -0.15) is 0 Å². The Morgan fingerprint density at radius 1 is 1.37 bits per heavy atom. The fourth-order valence-electron chi connectivity index (χ4n) is 2.38. The van der Waals surface area contributed by atoms with Crippen LogP contribution in [0.15, 0.2) is 30.3 Å². The molecule has 0 spiro atoms. The minimum atomic E-state index is -0.258. The van der Waals surface area contributed by atoms with Crippen molar-refractivity contribution in [2.24, 2.45) is 0 Å². The Labute approximate surface area is 114 Å². The van der Waals surface area contributed by atoms with Crippen LogP contribution in [0.1, 0.15) is 18.4 Å². The molecule has 1 fully saturated rings. The Hall–Kier alpha value is -1.39. The van der Waals surface area contributed by atoms with Gasteiger partial charge in [0, 0.05) is 19.6 Å². The first-order valence-corrected chi connectivity index (χ1v) is 6.95.